The summed E-state index contributed by atoms with van der Waals surface area (Å²) in [6, 6.07) is 13.0. The normalized spacial score (nSPS) is 29.4. The van der Waals surface area contributed by atoms with Crippen LogP contribution in [0, 0.1) is 58.2 Å². The highest BCUT2D eigenvalue weighted by Gasteiger charge is 2.63. The fraction of sp³-hybridized carbons (Fsp3) is 0.634. The van der Waals surface area contributed by atoms with E-state index in [0.29, 0.717) is 86.3 Å². The van der Waals surface area contributed by atoms with Gasteiger partial charge >= 0.3 is 11.9 Å². The Balaban J connectivity index is 0.000000218. The van der Waals surface area contributed by atoms with Gasteiger partial charge in [0.1, 0.15) is 35.3 Å². The zero-order chi connectivity index (χ0) is 79.6. The van der Waals surface area contributed by atoms with Crippen LogP contribution in [0.2, 0.25) is 0 Å². The molecule has 4 aliphatic heterocycles. The minimum Gasteiger partial charge on any atom is -0.497 e. The molecule has 2 aromatic heterocycles. The second-order valence-electron chi connectivity index (χ2n) is 33.4. The van der Waals surface area contributed by atoms with Crippen LogP contribution in [0.25, 0.3) is 21.5 Å². The molecular formula is C82H112N8O18S2. The maximum Gasteiger partial charge on any atom is 0.306 e. The van der Waals surface area contributed by atoms with Crippen molar-refractivity contribution < 1.29 is 83.6 Å². The topological polar surface area (TPSA) is 323 Å². The number of fused-ring (bicyclic) bond motifs is 6. The summed E-state index contributed by atoms with van der Waals surface area (Å²) < 4.78 is 91.5. The van der Waals surface area contributed by atoms with Gasteiger partial charge in [0.05, 0.1) is 97.6 Å². The fourth-order valence-corrected chi connectivity index (χ4v) is 19.3. The van der Waals surface area contributed by atoms with Crippen LogP contribution in [-0.4, -0.2) is 186 Å². The van der Waals surface area contributed by atoms with E-state index in [9.17, 15) is 55.2 Å². The predicted molar refractivity (Wildman–Crippen MR) is 416 cm³/mol. The molecule has 6 heterocycles. The number of anilines is 2. The molecule has 28 heteroatoms. The van der Waals surface area contributed by atoms with Gasteiger partial charge < -0.3 is 48.0 Å². The highest BCUT2D eigenvalue weighted by atomic mass is 32.2. The molecule has 600 valence electrons. The van der Waals surface area contributed by atoms with Gasteiger partial charge in [-0.25, -0.2) is 16.8 Å². The molecule has 0 radical (unpaired) electrons. The third-order valence-electron chi connectivity index (χ3n) is 23.3. The van der Waals surface area contributed by atoms with Crippen molar-refractivity contribution in [2.45, 2.75) is 218 Å². The van der Waals surface area contributed by atoms with E-state index in [4.69, 9.17) is 38.4 Å². The number of hydrogen-bond donors (Lipinski definition) is 2. The highest BCUT2D eigenvalue weighted by Crippen LogP contribution is 2.59. The number of esters is 2. The molecule has 14 atom stereocenters. The van der Waals surface area contributed by atoms with E-state index in [2.05, 4.69) is 23.3 Å². The van der Waals surface area contributed by atoms with Crippen molar-refractivity contribution in [1.82, 2.24) is 29.2 Å². The number of ketones is 2. The van der Waals surface area contributed by atoms with Crippen molar-refractivity contribution in [3.05, 3.63) is 72.8 Å². The molecule has 0 bridgehead atoms. The van der Waals surface area contributed by atoms with Crippen molar-refractivity contribution in [2.75, 3.05) is 65.3 Å². The van der Waals surface area contributed by atoms with Crippen LogP contribution < -0.4 is 38.2 Å². The van der Waals surface area contributed by atoms with Crippen molar-refractivity contribution >= 4 is 100 Å². The number of carbonyl (C=O) groups excluding carboxylic acids is 8. The van der Waals surface area contributed by atoms with Gasteiger partial charge in [-0.3, -0.25) is 47.8 Å². The van der Waals surface area contributed by atoms with Crippen LogP contribution >= 0.6 is 0 Å². The van der Waals surface area contributed by atoms with Gasteiger partial charge in [0.15, 0.2) is 11.6 Å². The second kappa shape index (κ2) is 33.9. The molecule has 2 aromatic carbocycles. The molecule has 4 saturated carbocycles. The Morgan fingerprint density at radius 2 is 0.918 bits per heavy atom. The fourth-order valence-electron chi connectivity index (χ4n) is 16.5. The van der Waals surface area contributed by atoms with Gasteiger partial charge in [-0.15, -0.1) is 0 Å². The van der Waals surface area contributed by atoms with Crippen molar-refractivity contribution in [3.63, 3.8) is 0 Å². The number of pyridine rings is 2. The number of aromatic nitrogens is 2. The molecule has 2 saturated heterocycles. The lowest BCUT2D eigenvalue weighted by Crippen LogP contribution is -2.47. The Morgan fingerprint density at radius 1 is 0.545 bits per heavy atom. The number of Topliss-reactive ketones (excluding diaryl/α,β-unsaturated/α-hetero) is 2. The van der Waals surface area contributed by atoms with Crippen LogP contribution in [0.1, 0.15) is 171 Å². The first-order valence-corrected chi connectivity index (χ1v) is 42.3. The van der Waals surface area contributed by atoms with Gasteiger partial charge in [-0.2, -0.15) is 9.97 Å². The summed E-state index contributed by atoms with van der Waals surface area (Å²) in [7, 11) is 2.97. The molecule has 110 heavy (non-hydrogen) atoms. The summed E-state index contributed by atoms with van der Waals surface area (Å²) in [6.45, 7) is 15.3. The Morgan fingerprint density at radius 3 is 1.25 bits per heavy atom. The lowest BCUT2D eigenvalue weighted by Gasteiger charge is -2.32. The first-order valence-electron chi connectivity index (χ1n) is 39.2. The summed E-state index contributed by atoms with van der Waals surface area (Å²) >= 11 is 0. The van der Waals surface area contributed by atoms with Gasteiger partial charge in [-0.1, -0.05) is 52.0 Å². The third kappa shape index (κ3) is 19.4. The van der Waals surface area contributed by atoms with Gasteiger partial charge in [-0.05, 0) is 200 Å². The lowest BCUT2D eigenvalue weighted by molar-refractivity contribution is -0.154. The number of methoxy groups -OCH3 is 2. The van der Waals surface area contributed by atoms with Gasteiger partial charge in [0.25, 0.3) is 0 Å². The third-order valence-corrected chi connectivity index (χ3v) is 26.9. The number of rotatable bonds is 20. The zero-order valence-electron chi connectivity index (χ0n) is 66.2. The first kappa shape index (κ1) is 82.6. The maximum atomic E-state index is 14.9. The van der Waals surface area contributed by atoms with Crippen LogP contribution in [0.4, 0.5) is 11.6 Å². The Labute approximate surface area is 647 Å². The number of nitrogens with one attached hydrogen (secondary N) is 2. The maximum absolute atomic E-state index is 14.9. The summed E-state index contributed by atoms with van der Waals surface area (Å²) in [5.74, 6) is -2.54. The number of allylic oxidation sites excluding steroid dienone is 4. The molecule has 0 unspecified atom stereocenters. The molecule has 26 nitrogen and oxygen atoms in total. The summed E-state index contributed by atoms with van der Waals surface area (Å²) in [5, 5.41) is 1.93. The van der Waals surface area contributed by atoms with Gasteiger partial charge in [0, 0.05) is 64.6 Å². The standard InChI is InChI=1S/2C41H56N4O9S/c2*1-24(2)53-37(47)20-33-26(4)16-25(3)10-8-9-11-28-21-41(28,40(49)43-55(50,51)31-13-14-31)22-35(46)34-19-30(23-45(34)39(33)48)54-38-32-15-12-29(52-7)17-27(32)18-36(42-38)44(5)6/h2*9,11-12,15,17-18,24-26,28,30-31,33-34H,8,10,13-14,16,19-23H2,1-7H3,(H,43,49)/b2*11-9-/t25-,26+,28+,30+,33-,34-,41+;25-,26-,28-,30-,33+,34+,41-/m01/s1. The minimum absolute atomic E-state index is 0.0529. The zero-order valence-corrected chi connectivity index (χ0v) is 67.8. The molecule has 6 fully saturated rings. The molecule has 2 N–H and O–H groups in total. The van der Waals surface area contributed by atoms with Crippen LogP contribution in [0.3, 0.4) is 0 Å². The number of benzene rings is 2. The lowest BCUT2D eigenvalue weighted by atomic mass is 9.82. The predicted octanol–water partition coefficient (Wildman–Crippen LogP) is 10.4. The van der Waals surface area contributed by atoms with E-state index >= 15 is 0 Å². The number of amides is 4. The van der Waals surface area contributed by atoms with Crippen LogP contribution in [0.15, 0.2) is 72.8 Å². The van der Waals surface area contributed by atoms with E-state index < -0.39 is 101 Å². The van der Waals surface area contributed by atoms with Crippen molar-refractivity contribution in [2.24, 2.45) is 58.2 Å². The average Bonchev–Trinajstić information content (AvgIpc) is 1.57. The first-order chi connectivity index (χ1) is 52.0. The van der Waals surface area contributed by atoms with E-state index in [1.54, 1.807) is 41.9 Å². The van der Waals surface area contributed by atoms with Crippen molar-refractivity contribution in [3.8, 4) is 23.3 Å². The molecule has 0 spiro atoms. The van der Waals surface area contributed by atoms with E-state index in [0.717, 1.165) is 47.2 Å². The quantitative estimate of drug-likeness (QED) is 0.0613. The molecule has 12 rings (SSSR count). The summed E-state index contributed by atoms with van der Waals surface area (Å²) in [5.41, 5.74) is -2.50. The molecule has 4 aromatic rings. The molecule has 8 aliphatic rings. The van der Waals surface area contributed by atoms with E-state index in [1.165, 1.54) is 9.80 Å². The minimum atomic E-state index is -3.85. The number of ether oxygens (including phenoxy) is 6. The number of hydrogen-bond acceptors (Lipinski definition) is 22. The summed E-state index contributed by atoms with van der Waals surface area (Å²) in [4.78, 5) is 129. The van der Waals surface area contributed by atoms with E-state index in [1.807, 2.05) is 125 Å². The van der Waals surface area contributed by atoms with Gasteiger partial charge in [0.2, 0.25) is 55.4 Å². The molecule has 4 amide bonds. The molecular weight excluding hydrogens is 1450 g/mol. The number of nitrogens with zero attached hydrogens (tertiary/aromatic N) is 6. The largest absolute Gasteiger partial charge is 0.497 e. The SMILES string of the molecule is COc1ccc2c(O[C@@H]3C[C@H]4C(=O)C[C@]5(C(=O)NS(=O)(=O)C6CC6)C[C@H]5/C=C\CC[C@@H](C)C[C@@H](C)[C@H](CC(=O)OC(C)C)C(=O)N4C3)nc(N(C)C)cc2c1.COc1ccc2c(O[C@@H]3C[C@H]4C(=O)C[C@]5(C(=O)NS(=O)(=O)C6CC6)C[C@H]5/C=C\CC[C@H](C)C[C@@H](C)[C@H](CC(=O)OC(C)C)C(=O)N4C3)nc(N(C)C)cc2c1. The Kier molecular flexibility index (Phi) is 25.4. The highest BCUT2D eigenvalue weighted by molar-refractivity contribution is 7.91. The average molecular weight is 1560 g/mol. The number of sulfonamides is 2. The second-order valence-corrected chi connectivity index (χ2v) is 37.3. The Bertz CT molecular complexity index is 4170. The number of carbonyl (C=O) groups is 8. The van der Waals surface area contributed by atoms with E-state index in [-0.39, 0.29) is 123 Å². The van der Waals surface area contributed by atoms with Crippen LogP contribution in [-0.2, 0) is 67.9 Å². The van der Waals surface area contributed by atoms with Crippen molar-refractivity contribution in [1.29, 1.82) is 0 Å². The summed E-state index contributed by atoms with van der Waals surface area (Å²) in [6.07, 6.45) is 12.5. The molecule has 4 aliphatic carbocycles. The van der Waals surface area contributed by atoms with Crippen LogP contribution in [0.5, 0.6) is 23.3 Å². The monoisotopic (exact) mass is 1560 g/mol. The smallest absolute Gasteiger partial charge is 0.306 e. The Hall–Kier alpha value is -8.40.